The number of aromatic nitrogens is 1. The Balaban J connectivity index is 2.79. The molecule has 0 unspecified atom stereocenters. The number of carboxylic acid groups (broad SMARTS) is 1. The maximum atomic E-state index is 11.0. The maximum absolute atomic E-state index is 11.0. The average molecular weight is 268 g/mol. The monoisotopic (exact) mass is 267 g/mol. The number of halogens is 1. The number of ether oxygens (including phenoxy) is 2. The SMILES string of the molecule is COc1cc2cc(C(=O)O)cc(OC)c2nc1Cl. The molecule has 1 N–H and O–H groups in total. The standard InChI is InChI=1S/C12H10ClNO4/c1-17-8-5-7(12(15)16)3-6-4-9(18-2)11(13)14-10(6)8/h3-5H,1-2H3,(H,15,16). The third-order valence-corrected chi connectivity index (χ3v) is 2.76. The lowest BCUT2D eigenvalue weighted by molar-refractivity contribution is 0.0696. The van der Waals surface area contributed by atoms with Gasteiger partial charge in [-0.1, -0.05) is 11.6 Å². The van der Waals surface area contributed by atoms with Crippen LogP contribution < -0.4 is 9.47 Å². The van der Waals surface area contributed by atoms with Crippen molar-refractivity contribution in [2.24, 2.45) is 0 Å². The van der Waals surface area contributed by atoms with E-state index >= 15 is 0 Å². The Labute approximate surface area is 108 Å². The molecule has 0 fully saturated rings. The van der Waals surface area contributed by atoms with Crippen LogP contribution in [-0.4, -0.2) is 30.3 Å². The van der Waals surface area contributed by atoms with E-state index in [2.05, 4.69) is 4.98 Å². The number of carbonyl (C=O) groups is 1. The number of hydrogen-bond donors (Lipinski definition) is 1. The van der Waals surface area contributed by atoms with E-state index in [-0.39, 0.29) is 10.7 Å². The molecule has 0 radical (unpaired) electrons. The van der Waals surface area contributed by atoms with Crippen molar-refractivity contribution in [3.05, 3.63) is 28.9 Å². The second-order valence-corrected chi connectivity index (χ2v) is 3.89. The van der Waals surface area contributed by atoms with E-state index in [1.807, 2.05) is 0 Å². The Hall–Kier alpha value is -2.01. The van der Waals surface area contributed by atoms with E-state index in [1.54, 1.807) is 6.07 Å². The summed E-state index contributed by atoms with van der Waals surface area (Å²) in [7, 11) is 2.91. The van der Waals surface area contributed by atoms with Crippen LogP contribution in [0.2, 0.25) is 5.15 Å². The molecule has 0 aliphatic heterocycles. The van der Waals surface area contributed by atoms with Crippen molar-refractivity contribution < 1.29 is 19.4 Å². The highest BCUT2D eigenvalue weighted by atomic mass is 35.5. The number of carboxylic acids is 1. The van der Waals surface area contributed by atoms with Crippen molar-refractivity contribution >= 4 is 28.5 Å². The fourth-order valence-corrected chi connectivity index (χ4v) is 1.85. The van der Waals surface area contributed by atoms with Crippen LogP contribution in [0.1, 0.15) is 10.4 Å². The first kappa shape index (κ1) is 12.4. The topological polar surface area (TPSA) is 68.7 Å². The number of aromatic carboxylic acids is 1. The van der Waals surface area contributed by atoms with Crippen LogP contribution in [0.5, 0.6) is 11.5 Å². The van der Waals surface area contributed by atoms with Gasteiger partial charge in [0, 0.05) is 5.39 Å². The summed E-state index contributed by atoms with van der Waals surface area (Å²) >= 11 is 5.93. The highest BCUT2D eigenvalue weighted by Gasteiger charge is 2.13. The van der Waals surface area contributed by atoms with Crippen molar-refractivity contribution in [3.8, 4) is 11.5 Å². The van der Waals surface area contributed by atoms with Crippen molar-refractivity contribution in [2.75, 3.05) is 14.2 Å². The Kier molecular flexibility index (Phi) is 3.25. The van der Waals surface area contributed by atoms with Crippen LogP contribution in [-0.2, 0) is 0 Å². The summed E-state index contributed by atoms with van der Waals surface area (Å²) in [5, 5.41) is 9.80. The minimum Gasteiger partial charge on any atom is -0.494 e. The summed E-state index contributed by atoms with van der Waals surface area (Å²) in [6.45, 7) is 0. The van der Waals surface area contributed by atoms with Gasteiger partial charge in [-0.3, -0.25) is 0 Å². The quantitative estimate of drug-likeness (QED) is 0.866. The molecule has 1 heterocycles. The van der Waals surface area contributed by atoms with E-state index in [0.717, 1.165) is 0 Å². The number of rotatable bonds is 3. The molecule has 2 rings (SSSR count). The molecule has 1 aromatic heterocycles. The molecule has 0 spiro atoms. The summed E-state index contributed by atoms with van der Waals surface area (Å²) in [6.07, 6.45) is 0. The lowest BCUT2D eigenvalue weighted by Crippen LogP contribution is -1.99. The summed E-state index contributed by atoms with van der Waals surface area (Å²) in [6, 6.07) is 4.52. The van der Waals surface area contributed by atoms with E-state index in [9.17, 15) is 4.79 Å². The number of hydrogen-bond acceptors (Lipinski definition) is 4. The summed E-state index contributed by atoms with van der Waals surface area (Å²) < 4.78 is 10.2. The molecular formula is C12H10ClNO4. The summed E-state index contributed by atoms with van der Waals surface area (Å²) in [4.78, 5) is 15.1. The smallest absolute Gasteiger partial charge is 0.335 e. The van der Waals surface area contributed by atoms with Gasteiger partial charge in [0.2, 0.25) is 0 Å². The molecule has 0 amide bonds. The number of benzene rings is 1. The van der Waals surface area contributed by atoms with Gasteiger partial charge < -0.3 is 14.6 Å². The van der Waals surface area contributed by atoms with Gasteiger partial charge in [-0.2, -0.15) is 0 Å². The van der Waals surface area contributed by atoms with Crippen LogP contribution in [0.3, 0.4) is 0 Å². The van der Waals surface area contributed by atoms with Gasteiger partial charge in [-0.25, -0.2) is 9.78 Å². The van der Waals surface area contributed by atoms with Crippen LogP contribution in [0, 0.1) is 0 Å². The largest absolute Gasteiger partial charge is 0.494 e. The van der Waals surface area contributed by atoms with Gasteiger partial charge in [0.15, 0.2) is 10.9 Å². The molecular weight excluding hydrogens is 258 g/mol. The van der Waals surface area contributed by atoms with Crippen molar-refractivity contribution in [3.63, 3.8) is 0 Å². The molecule has 2 aromatic rings. The minimum atomic E-state index is -1.04. The second kappa shape index (κ2) is 4.70. The number of pyridine rings is 1. The molecule has 18 heavy (non-hydrogen) atoms. The number of fused-ring (bicyclic) bond motifs is 1. The highest BCUT2D eigenvalue weighted by molar-refractivity contribution is 6.31. The molecule has 0 atom stereocenters. The molecule has 0 saturated heterocycles. The van der Waals surface area contributed by atoms with Crippen LogP contribution in [0.15, 0.2) is 18.2 Å². The first-order chi connectivity index (χ1) is 8.56. The fraction of sp³-hybridized carbons (Fsp3) is 0.167. The fourth-order valence-electron chi connectivity index (χ4n) is 1.64. The van der Waals surface area contributed by atoms with E-state index in [1.165, 1.54) is 26.4 Å². The van der Waals surface area contributed by atoms with Gasteiger partial charge in [0.1, 0.15) is 11.3 Å². The molecule has 0 aliphatic rings. The van der Waals surface area contributed by atoms with E-state index < -0.39 is 5.97 Å². The Morgan fingerprint density at radius 3 is 2.44 bits per heavy atom. The normalized spacial score (nSPS) is 10.4. The zero-order chi connectivity index (χ0) is 13.3. The lowest BCUT2D eigenvalue weighted by atomic mass is 10.1. The van der Waals surface area contributed by atoms with Gasteiger partial charge >= 0.3 is 5.97 Å². The summed E-state index contributed by atoms with van der Waals surface area (Å²) in [5.41, 5.74) is 0.610. The van der Waals surface area contributed by atoms with Gasteiger partial charge in [-0.15, -0.1) is 0 Å². The molecule has 0 aliphatic carbocycles. The first-order valence-corrected chi connectivity index (χ1v) is 5.40. The predicted molar refractivity (Wildman–Crippen MR) is 66.8 cm³/mol. The van der Waals surface area contributed by atoms with Crippen molar-refractivity contribution in [1.82, 2.24) is 4.98 Å². The highest BCUT2D eigenvalue weighted by Crippen LogP contribution is 2.32. The van der Waals surface area contributed by atoms with Crippen LogP contribution in [0.25, 0.3) is 10.9 Å². The Bertz CT molecular complexity index is 627. The summed E-state index contributed by atoms with van der Waals surface area (Å²) in [5.74, 6) is -0.299. The molecule has 0 saturated carbocycles. The molecule has 5 nitrogen and oxygen atoms in total. The maximum Gasteiger partial charge on any atom is 0.335 e. The molecule has 6 heteroatoms. The lowest BCUT2D eigenvalue weighted by Gasteiger charge is -2.09. The number of nitrogens with zero attached hydrogens (tertiary/aromatic N) is 1. The van der Waals surface area contributed by atoms with E-state index in [4.69, 9.17) is 26.2 Å². The second-order valence-electron chi connectivity index (χ2n) is 3.54. The third kappa shape index (κ3) is 2.04. The zero-order valence-electron chi connectivity index (χ0n) is 9.73. The Morgan fingerprint density at radius 2 is 1.89 bits per heavy atom. The van der Waals surface area contributed by atoms with Gasteiger partial charge in [0.25, 0.3) is 0 Å². The van der Waals surface area contributed by atoms with Crippen molar-refractivity contribution in [2.45, 2.75) is 0 Å². The average Bonchev–Trinajstić information content (AvgIpc) is 2.36. The van der Waals surface area contributed by atoms with Crippen LogP contribution in [0.4, 0.5) is 0 Å². The molecule has 94 valence electrons. The Morgan fingerprint density at radius 1 is 1.22 bits per heavy atom. The minimum absolute atomic E-state index is 0.116. The van der Waals surface area contributed by atoms with Crippen molar-refractivity contribution in [1.29, 1.82) is 0 Å². The molecule has 0 bridgehead atoms. The van der Waals surface area contributed by atoms with E-state index in [0.29, 0.717) is 22.4 Å². The van der Waals surface area contributed by atoms with Gasteiger partial charge in [-0.05, 0) is 18.2 Å². The number of methoxy groups -OCH3 is 2. The molecule has 1 aromatic carbocycles. The zero-order valence-corrected chi connectivity index (χ0v) is 10.5. The van der Waals surface area contributed by atoms with Crippen LogP contribution >= 0.6 is 11.6 Å². The predicted octanol–water partition coefficient (Wildman–Crippen LogP) is 2.60. The third-order valence-electron chi connectivity index (χ3n) is 2.49. The van der Waals surface area contributed by atoms with Gasteiger partial charge in [0.05, 0.1) is 19.8 Å². The first-order valence-electron chi connectivity index (χ1n) is 5.02.